The van der Waals surface area contributed by atoms with E-state index in [1.165, 1.54) is 42.9 Å². The van der Waals surface area contributed by atoms with Crippen LogP contribution in [0.2, 0.25) is 0 Å². The molecule has 17 heavy (non-hydrogen) atoms. The minimum Gasteiger partial charge on any atom is -0.317 e. The van der Waals surface area contributed by atoms with Crippen LogP contribution in [0, 0.1) is 12.8 Å². The van der Waals surface area contributed by atoms with Gasteiger partial charge in [0.25, 0.3) is 0 Å². The van der Waals surface area contributed by atoms with E-state index in [4.69, 9.17) is 0 Å². The number of nitrogens with one attached hydrogen (secondary N) is 1. The molecule has 2 nitrogen and oxygen atoms in total. The minimum atomic E-state index is 0. The zero-order valence-corrected chi connectivity index (χ0v) is 12.4. The molecule has 0 atom stereocenters. The lowest BCUT2D eigenvalue weighted by atomic mass is 9.98. The molecule has 1 saturated heterocycles. The summed E-state index contributed by atoms with van der Waals surface area (Å²) in [5.41, 5.74) is 1.45. The fourth-order valence-electron chi connectivity index (χ4n) is 2.38. The molecule has 4 heteroatoms. The van der Waals surface area contributed by atoms with E-state index in [1.807, 2.05) is 11.3 Å². The van der Waals surface area contributed by atoms with Crippen LogP contribution >= 0.6 is 23.7 Å². The normalized spacial score (nSPS) is 17.1. The summed E-state index contributed by atoms with van der Waals surface area (Å²) in [7, 11) is 2.25. The Labute approximate surface area is 115 Å². The van der Waals surface area contributed by atoms with Gasteiger partial charge in [-0.2, -0.15) is 0 Å². The van der Waals surface area contributed by atoms with Gasteiger partial charge in [0.2, 0.25) is 0 Å². The molecule has 0 aliphatic carbocycles. The van der Waals surface area contributed by atoms with Crippen molar-refractivity contribution in [3.05, 3.63) is 21.9 Å². The van der Waals surface area contributed by atoms with Crippen molar-refractivity contribution in [3.63, 3.8) is 0 Å². The minimum absolute atomic E-state index is 0. The quantitative estimate of drug-likeness (QED) is 0.908. The number of aryl methyl sites for hydroxylation is 1. The summed E-state index contributed by atoms with van der Waals surface area (Å²) in [5.74, 6) is 0.895. The summed E-state index contributed by atoms with van der Waals surface area (Å²) in [5, 5.41) is 5.62. The number of nitrogens with zero attached hydrogens (tertiary/aromatic N) is 1. The van der Waals surface area contributed by atoms with Crippen LogP contribution in [0.25, 0.3) is 0 Å². The molecule has 1 aromatic heterocycles. The van der Waals surface area contributed by atoms with Gasteiger partial charge in [0.15, 0.2) is 0 Å². The highest BCUT2D eigenvalue weighted by molar-refractivity contribution is 7.10. The molecule has 0 bridgehead atoms. The number of thiophene rings is 1. The summed E-state index contributed by atoms with van der Waals surface area (Å²) < 4.78 is 0. The Hall–Kier alpha value is -0.0900. The van der Waals surface area contributed by atoms with Gasteiger partial charge < -0.3 is 10.2 Å². The predicted octanol–water partition coefficient (Wildman–Crippen LogP) is 2.91. The topological polar surface area (TPSA) is 15.3 Å². The second-order valence-corrected chi connectivity index (χ2v) is 5.92. The summed E-state index contributed by atoms with van der Waals surface area (Å²) in [6, 6.07) is 2.22. The molecular formula is C13H23ClN2S. The first-order valence-corrected chi connectivity index (χ1v) is 7.06. The van der Waals surface area contributed by atoms with E-state index in [9.17, 15) is 0 Å². The van der Waals surface area contributed by atoms with Crippen LogP contribution in [0.15, 0.2) is 11.4 Å². The van der Waals surface area contributed by atoms with Gasteiger partial charge in [0, 0.05) is 18.0 Å². The van der Waals surface area contributed by atoms with Crippen LogP contribution in [0.5, 0.6) is 0 Å². The Morgan fingerprint density at radius 2 is 2.12 bits per heavy atom. The molecule has 1 fully saturated rings. The fourth-order valence-corrected chi connectivity index (χ4v) is 3.37. The molecule has 2 heterocycles. The van der Waals surface area contributed by atoms with Crippen molar-refractivity contribution in [1.82, 2.24) is 10.2 Å². The van der Waals surface area contributed by atoms with Gasteiger partial charge in [-0.1, -0.05) is 0 Å². The molecule has 1 aromatic rings. The molecule has 0 spiro atoms. The number of rotatable bonds is 4. The Bertz CT molecular complexity index is 321. The summed E-state index contributed by atoms with van der Waals surface area (Å²) in [6.07, 6.45) is 2.68. The monoisotopic (exact) mass is 274 g/mol. The van der Waals surface area contributed by atoms with E-state index in [1.54, 1.807) is 0 Å². The maximum absolute atomic E-state index is 3.43. The summed E-state index contributed by atoms with van der Waals surface area (Å²) in [4.78, 5) is 4.01. The van der Waals surface area contributed by atoms with E-state index in [0.29, 0.717) is 0 Å². The van der Waals surface area contributed by atoms with Crippen molar-refractivity contribution in [2.24, 2.45) is 5.92 Å². The van der Waals surface area contributed by atoms with Gasteiger partial charge in [-0.25, -0.2) is 0 Å². The zero-order valence-electron chi connectivity index (χ0n) is 10.7. The smallest absolute Gasteiger partial charge is 0.0327 e. The SMILES string of the molecule is Cc1ccsc1CN(C)CC1CCNCC1.Cl. The van der Waals surface area contributed by atoms with E-state index in [0.717, 1.165) is 12.5 Å². The maximum Gasteiger partial charge on any atom is 0.0327 e. The van der Waals surface area contributed by atoms with Gasteiger partial charge in [-0.15, -0.1) is 23.7 Å². The third-order valence-electron chi connectivity index (χ3n) is 3.41. The Balaban J connectivity index is 0.00000144. The second-order valence-electron chi connectivity index (χ2n) is 4.92. The molecule has 0 radical (unpaired) electrons. The fraction of sp³-hybridized carbons (Fsp3) is 0.692. The number of piperidine rings is 1. The average molecular weight is 275 g/mol. The van der Waals surface area contributed by atoms with Crippen LogP contribution in [0.3, 0.4) is 0 Å². The van der Waals surface area contributed by atoms with Gasteiger partial charge in [-0.3, -0.25) is 0 Å². The van der Waals surface area contributed by atoms with E-state index in [2.05, 4.69) is 35.6 Å². The van der Waals surface area contributed by atoms with Crippen molar-refractivity contribution in [2.75, 3.05) is 26.7 Å². The molecule has 1 aliphatic rings. The first-order valence-electron chi connectivity index (χ1n) is 6.18. The third-order valence-corrected chi connectivity index (χ3v) is 4.42. The lowest BCUT2D eigenvalue weighted by Crippen LogP contribution is -2.34. The largest absolute Gasteiger partial charge is 0.317 e. The van der Waals surface area contributed by atoms with Crippen molar-refractivity contribution in [2.45, 2.75) is 26.3 Å². The first-order chi connectivity index (χ1) is 7.75. The van der Waals surface area contributed by atoms with Crippen molar-refractivity contribution in [3.8, 4) is 0 Å². The molecular weight excluding hydrogens is 252 g/mol. The molecule has 98 valence electrons. The second kappa shape index (κ2) is 7.37. The highest BCUT2D eigenvalue weighted by Gasteiger charge is 2.15. The van der Waals surface area contributed by atoms with Crippen LogP contribution in [0.1, 0.15) is 23.3 Å². The Morgan fingerprint density at radius 1 is 1.41 bits per heavy atom. The lowest BCUT2D eigenvalue weighted by molar-refractivity contribution is 0.235. The van der Waals surface area contributed by atoms with Crippen molar-refractivity contribution < 1.29 is 0 Å². The molecule has 1 N–H and O–H groups in total. The maximum atomic E-state index is 3.43. The van der Waals surface area contributed by atoms with E-state index >= 15 is 0 Å². The third kappa shape index (κ3) is 4.59. The van der Waals surface area contributed by atoms with Crippen LogP contribution < -0.4 is 5.32 Å². The van der Waals surface area contributed by atoms with E-state index < -0.39 is 0 Å². The van der Waals surface area contributed by atoms with Crippen LogP contribution in [-0.2, 0) is 6.54 Å². The van der Waals surface area contributed by atoms with Crippen LogP contribution in [0.4, 0.5) is 0 Å². The highest BCUT2D eigenvalue weighted by atomic mass is 35.5. The van der Waals surface area contributed by atoms with Crippen LogP contribution in [-0.4, -0.2) is 31.6 Å². The van der Waals surface area contributed by atoms with Gasteiger partial charge in [0.1, 0.15) is 0 Å². The summed E-state index contributed by atoms with van der Waals surface area (Å²) in [6.45, 7) is 6.99. The molecule has 1 aliphatic heterocycles. The molecule has 0 unspecified atom stereocenters. The Kier molecular flexibility index (Phi) is 6.49. The Morgan fingerprint density at radius 3 is 2.71 bits per heavy atom. The number of hydrogen-bond acceptors (Lipinski definition) is 3. The van der Waals surface area contributed by atoms with Crippen molar-refractivity contribution >= 4 is 23.7 Å². The lowest BCUT2D eigenvalue weighted by Gasteiger charge is -2.27. The van der Waals surface area contributed by atoms with Gasteiger partial charge >= 0.3 is 0 Å². The first kappa shape index (κ1) is 15.0. The van der Waals surface area contributed by atoms with Gasteiger partial charge in [0.05, 0.1) is 0 Å². The highest BCUT2D eigenvalue weighted by Crippen LogP contribution is 2.19. The molecule has 2 rings (SSSR count). The molecule has 0 amide bonds. The van der Waals surface area contributed by atoms with Gasteiger partial charge in [-0.05, 0) is 62.8 Å². The zero-order chi connectivity index (χ0) is 11.4. The number of halogens is 1. The molecule has 0 aromatic carbocycles. The predicted molar refractivity (Wildman–Crippen MR) is 78.2 cm³/mol. The van der Waals surface area contributed by atoms with E-state index in [-0.39, 0.29) is 12.4 Å². The average Bonchev–Trinajstić information content (AvgIpc) is 2.66. The number of hydrogen-bond donors (Lipinski definition) is 1. The van der Waals surface area contributed by atoms with Crippen molar-refractivity contribution in [1.29, 1.82) is 0 Å². The summed E-state index contributed by atoms with van der Waals surface area (Å²) >= 11 is 1.89. The molecule has 0 saturated carbocycles. The standard InChI is InChI=1S/C13H22N2S.ClH/c1-11-5-8-16-13(11)10-15(2)9-12-3-6-14-7-4-12;/h5,8,12,14H,3-4,6-7,9-10H2,1-2H3;1H.